The maximum Gasteiger partial charge on any atom is 0.230 e. The summed E-state index contributed by atoms with van der Waals surface area (Å²) in [5, 5.41) is 12.0. The van der Waals surface area contributed by atoms with Gasteiger partial charge in [0.25, 0.3) is 0 Å². The molecule has 6 heteroatoms. The van der Waals surface area contributed by atoms with Gasteiger partial charge in [0.15, 0.2) is 0 Å². The maximum absolute atomic E-state index is 13.3. The Labute approximate surface area is 116 Å². The molecule has 106 valence electrons. The topological polar surface area (TPSA) is 58.6 Å². The Kier molecular flexibility index (Phi) is 7.47. The number of carbonyl (C=O) groups is 1. The normalized spacial score (nSPS) is 12.2. The molecule has 0 saturated carbocycles. The van der Waals surface area contributed by atoms with Gasteiger partial charge in [-0.15, -0.1) is 11.8 Å². The van der Waals surface area contributed by atoms with Gasteiger partial charge in [0.2, 0.25) is 5.91 Å². The van der Waals surface area contributed by atoms with Crippen molar-refractivity contribution in [3.8, 4) is 0 Å². The zero-order valence-corrected chi connectivity index (χ0v) is 11.6. The van der Waals surface area contributed by atoms with Crippen molar-refractivity contribution in [1.82, 2.24) is 5.32 Å². The van der Waals surface area contributed by atoms with Crippen molar-refractivity contribution in [2.45, 2.75) is 17.4 Å². The number of carbonyl (C=O) groups excluding carboxylic acids is 1. The fourth-order valence-corrected chi connectivity index (χ4v) is 2.18. The molecule has 1 rings (SSSR count). The molecular formula is C13H18FNO3S. The van der Waals surface area contributed by atoms with E-state index >= 15 is 0 Å². The predicted octanol–water partition coefficient (Wildman–Crippen LogP) is 1.43. The first-order valence-corrected chi connectivity index (χ1v) is 6.93. The summed E-state index contributed by atoms with van der Waals surface area (Å²) in [4.78, 5) is 12.0. The molecule has 0 bridgehead atoms. The molecule has 0 aliphatic carbocycles. The van der Waals surface area contributed by atoms with Gasteiger partial charge in [0, 0.05) is 18.6 Å². The number of aliphatic hydroxyl groups excluding tert-OH is 1. The van der Waals surface area contributed by atoms with E-state index in [-0.39, 0.29) is 24.1 Å². The van der Waals surface area contributed by atoms with Crippen molar-refractivity contribution in [1.29, 1.82) is 0 Å². The first kappa shape index (κ1) is 15.9. The highest BCUT2D eigenvalue weighted by atomic mass is 32.2. The number of ether oxygens (including phenoxy) is 1. The van der Waals surface area contributed by atoms with Crippen molar-refractivity contribution >= 4 is 17.7 Å². The summed E-state index contributed by atoms with van der Waals surface area (Å²) in [7, 11) is 1.51. The van der Waals surface area contributed by atoms with Crippen LogP contribution >= 0.6 is 11.8 Å². The molecule has 0 aromatic heterocycles. The Hall–Kier alpha value is -1.11. The highest BCUT2D eigenvalue weighted by Crippen LogP contribution is 2.20. The van der Waals surface area contributed by atoms with Crippen molar-refractivity contribution in [2.75, 3.05) is 26.0 Å². The largest absolute Gasteiger partial charge is 0.391 e. The highest BCUT2D eigenvalue weighted by Gasteiger charge is 2.07. The molecule has 1 unspecified atom stereocenters. The third-order valence-corrected chi connectivity index (χ3v) is 3.40. The molecule has 0 aliphatic heterocycles. The van der Waals surface area contributed by atoms with Gasteiger partial charge in [-0.2, -0.15) is 0 Å². The minimum Gasteiger partial charge on any atom is -0.391 e. The molecule has 19 heavy (non-hydrogen) atoms. The SMILES string of the molecule is COCC(O)CCNC(=O)CSc1ccccc1F. The van der Waals surface area contributed by atoms with Crippen LogP contribution in [0.2, 0.25) is 0 Å². The quantitative estimate of drug-likeness (QED) is 0.710. The molecule has 1 amide bonds. The van der Waals surface area contributed by atoms with Crippen LogP contribution in [0.15, 0.2) is 29.2 Å². The van der Waals surface area contributed by atoms with Crippen LogP contribution in [0.1, 0.15) is 6.42 Å². The molecule has 0 saturated heterocycles. The summed E-state index contributed by atoms with van der Waals surface area (Å²) >= 11 is 1.15. The molecule has 0 heterocycles. The van der Waals surface area contributed by atoms with Gasteiger partial charge in [0.1, 0.15) is 5.82 Å². The highest BCUT2D eigenvalue weighted by molar-refractivity contribution is 8.00. The van der Waals surface area contributed by atoms with E-state index < -0.39 is 6.10 Å². The van der Waals surface area contributed by atoms with E-state index in [4.69, 9.17) is 4.74 Å². The molecule has 4 nitrogen and oxygen atoms in total. The van der Waals surface area contributed by atoms with Crippen LogP contribution < -0.4 is 5.32 Å². The van der Waals surface area contributed by atoms with Crippen molar-refractivity contribution in [3.63, 3.8) is 0 Å². The Morgan fingerprint density at radius 3 is 2.95 bits per heavy atom. The second-order valence-corrected chi connectivity index (χ2v) is 4.98. The number of methoxy groups -OCH3 is 1. The van der Waals surface area contributed by atoms with E-state index in [1.165, 1.54) is 13.2 Å². The van der Waals surface area contributed by atoms with Gasteiger partial charge < -0.3 is 15.2 Å². The van der Waals surface area contributed by atoms with Crippen LogP contribution in [0.5, 0.6) is 0 Å². The van der Waals surface area contributed by atoms with Crippen LogP contribution in [-0.4, -0.2) is 43.1 Å². The number of hydrogen-bond donors (Lipinski definition) is 2. The third-order valence-electron chi connectivity index (χ3n) is 2.35. The Morgan fingerprint density at radius 1 is 1.53 bits per heavy atom. The van der Waals surface area contributed by atoms with E-state index in [1.54, 1.807) is 18.2 Å². The number of hydrogen-bond acceptors (Lipinski definition) is 4. The molecule has 0 fully saturated rings. The Morgan fingerprint density at radius 2 is 2.26 bits per heavy atom. The molecule has 1 atom stereocenters. The first-order chi connectivity index (χ1) is 9.13. The lowest BCUT2D eigenvalue weighted by Crippen LogP contribution is -2.29. The number of benzene rings is 1. The summed E-state index contributed by atoms with van der Waals surface area (Å²) in [6.45, 7) is 0.626. The number of aliphatic hydroxyl groups is 1. The van der Waals surface area contributed by atoms with Crippen molar-refractivity contribution in [2.24, 2.45) is 0 Å². The lowest BCUT2D eigenvalue weighted by molar-refractivity contribution is -0.118. The van der Waals surface area contributed by atoms with Crippen LogP contribution in [0.25, 0.3) is 0 Å². The van der Waals surface area contributed by atoms with Crippen LogP contribution in [0, 0.1) is 5.82 Å². The standard InChI is InChI=1S/C13H18FNO3S/c1-18-8-10(16)6-7-15-13(17)9-19-12-5-3-2-4-11(12)14/h2-5,10,16H,6-9H2,1H3,(H,15,17). The van der Waals surface area contributed by atoms with E-state index in [9.17, 15) is 14.3 Å². The predicted molar refractivity (Wildman–Crippen MR) is 72.6 cm³/mol. The molecule has 2 N–H and O–H groups in total. The van der Waals surface area contributed by atoms with Gasteiger partial charge in [0.05, 0.1) is 18.5 Å². The third kappa shape index (κ3) is 6.56. The van der Waals surface area contributed by atoms with Crippen LogP contribution in [0.3, 0.4) is 0 Å². The number of thioether (sulfide) groups is 1. The zero-order chi connectivity index (χ0) is 14.1. The Balaban J connectivity index is 2.20. The van der Waals surface area contributed by atoms with E-state index in [0.717, 1.165) is 11.8 Å². The average molecular weight is 287 g/mol. The van der Waals surface area contributed by atoms with Crippen LogP contribution in [-0.2, 0) is 9.53 Å². The summed E-state index contributed by atoms with van der Waals surface area (Å²) < 4.78 is 18.1. The summed E-state index contributed by atoms with van der Waals surface area (Å²) in [5.41, 5.74) is 0. The molecule has 0 aliphatic rings. The number of rotatable bonds is 8. The second kappa shape index (κ2) is 8.90. The minimum atomic E-state index is -0.579. The maximum atomic E-state index is 13.3. The molecule has 1 aromatic carbocycles. The molecule has 1 aromatic rings. The number of nitrogens with one attached hydrogen (secondary N) is 1. The average Bonchev–Trinajstić information content (AvgIpc) is 2.38. The Bertz CT molecular complexity index is 403. The summed E-state index contributed by atoms with van der Waals surface area (Å²) in [6.07, 6.45) is -0.145. The van der Waals surface area contributed by atoms with Crippen molar-refractivity contribution < 1.29 is 19.0 Å². The summed E-state index contributed by atoms with van der Waals surface area (Å²) in [5.74, 6) is -0.352. The number of halogens is 1. The first-order valence-electron chi connectivity index (χ1n) is 5.94. The molecular weight excluding hydrogens is 269 g/mol. The van der Waals surface area contributed by atoms with Crippen LogP contribution in [0.4, 0.5) is 4.39 Å². The second-order valence-electron chi connectivity index (χ2n) is 3.97. The van der Waals surface area contributed by atoms with Gasteiger partial charge in [-0.25, -0.2) is 4.39 Å². The smallest absolute Gasteiger partial charge is 0.230 e. The van der Waals surface area contributed by atoms with E-state index in [2.05, 4.69) is 5.32 Å². The molecule has 0 radical (unpaired) electrons. The van der Waals surface area contributed by atoms with Gasteiger partial charge in [-0.1, -0.05) is 12.1 Å². The van der Waals surface area contributed by atoms with E-state index in [1.807, 2.05) is 0 Å². The van der Waals surface area contributed by atoms with Gasteiger partial charge >= 0.3 is 0 Å². The minimum absolute atomic E-state index is 0.154. The lowest BCUT2D eigenvalue weighted by atomic mass is 10.3. The fourth-order valence-electron chi connectivity index (χ4n) is 1.41. The van der Waals surface area contributed by atoms with Gasteiger partial charge in [-0.05, 0) is 18.6 Å². The summed E-state index contributed by atoms with van der Waals surface area (Å²) in [6, 6.07) is 6.33. The monoisotopic (exact) mass is 287 g/mol. The molecule has 0 spiro atoms. The number of amides is 1. The fraction of sp³-hybridized carbons (Fsp3) is 0.462. The zero-order valence-electron chi connectivity index (χ0n) is 10.8. The lowest BCUT2D eigenvalue weighted by Gasteiger charge is -2.10. The van der Waals surface area contributed by atoms with Gasteiger partial charge in [-0.3, -0.25) is 4.79 Å². The van der Waals surface area contributed by atoms with E-state index in [0.29, 0.717) is 17.9 Å². The van der Waals surface area contributed by atoms with Crippen molar-refractivity contribution in [3.05, 3.63) is 30.1 Å².